The monoisotopic (exact) mass is 359 g/mol. The maximum atomic E-state index is 4.25. The molecule has 0 atom stereocenters. The third kappa shape index (κ3) is 3.98. The highest BCUT2D eigenvalue weighted by Gasteiger charge is 2.10. The number of rotatable bonds is 7. The predicted octanol–water partition coefficient (Wildman–Crippen LogP) is 3.53. The van der Waals surface area contributed by atoms with Crippen molar-refractivity contribution in [1.82, 2.24) is 24.3 Å². The number of anilines is 3. The summed E-state index contributed by atoms with van der Waals surface area (Å²) in [4.78, 5) is 8.23. The summed E-state index contributed by atoms with van der Waals surface area (Å²) < 4.78 is 3.82. The van der Waals surface area contributed by atoms with Crippen LogP contribution in [0.15, 0.2) is 73.7 Å². The summed E-state index contributed by atoms with van der Waals surface area (Å²) in [7, 11) is 2.00. The topological polar surface area (TPSA) is 72.6 Å². The van der Waals surface area contributed by atoms with Crippen molar-refractivity contribution in [2.45, 2.75) is 6.54 Å². The third-order valence-corrected chi connectivity index (χ3v) is 4.30. The van der Waals surface area contributed by atoms with Crippen molar-refractivity contribution < 1.29 is 0 Å². The van der Waals surface area contributed by atoms with Gasteiger partial charge in [-0.3, -0.25) is 4.68 Å². The highest BCUT2D eigenvalue weighted by atomic mass is 15.3. The molecule has 2 N–H and O–H groups in total. The zero-order valence-corrected chi connectivity index (χ0v) is 15.1. The molecule has 2 aromatic carbocycles. The Labute approximate surface area is 157 Å². The van der Waals surface area contributed by atoms with Crippen molar-refractivity contribution in [3.05, 3.63) is 73.7 Å². The van der Waals surface area contributed by atoms with Crippen LogP contribution in [0.4, 0.5) is 17.1 Å². The minimum atomic E-state index is 0.737. The first-order valence-electron chi connectivity index (χ1n) is 8.79. The zero-order chi connectivity index (χ0) is 18.5. The summed E-state index contributed by atoms with van der Waals surface area (Å²) in [6.45, 7) is 1.48. The molecule has 4 aromatic rings. The van der Waals surface area contributed by atoms with E-state index in [-0.39, 0.29) is 0 Å². The van der Waals surface area contributed by atoms with E-state index in [2.05, 4.69) is 43.9 Å². The quantitative estimate of drug-likeness (QED) is 0.528. The number of hydrogen-bond donors (Lipinski definition) is 2. The maximum Gasteiger partial charge on any atom is 0.137 e. The van der Waals surface area contributed by atoms with Crippen LogP contribution in [0.5, 0.6) is 0 Å². The lowest BCUT2D eigenvalue weighted by atomic mass is 10.1. The fourth-order valence-corrected chi connectivity index (χ4v) is 2.95. The van der Waals surface area contributed by atoms with E-state index in [4.69, 9.17) is 0 Å². The second-order valence-corrected chi connectivity index (χ2v) is 6.23. The molecule has 2 heterocycles. The van der Waals surface area contributed by atoms with Gasteiger partial charge in [-0.1, -0.05) is 18.2 Å². The average molecular weight is 359 g/mol. The smallest absolute Gasteiger partial charge is 0.137 e. The molecule has 0 aliphatic heterocycles. The van der Waals surface area contributed by atoms with Gasteiger partial charge in [0.05, 0.1) is 24.8 Å². The van der Waals surface area contributed by atoms with Crippen molar-refractivity contribution in [3.8, 4) is 11.3 Å². The van der Waals surface area contributed by atoms with Gasteiger partial charge >= 0.3 is 0 Å². The third-order valence-electron chi connectivity index (χ3n) is 4.30. The molecule has 0 fully saturated rings. The second kappa shape index (κ2) is 7.74. The second-order valence-electron chi connectivity index (χ2n) is 6.23. The number of aryl methyl sites for hydroxylation is 1. The van der Waals surface area contributed by atoms with E-state index < -0.39 is 0 Å². The number of hydrogen-bond acceptors (Lipinski definition) is 5. The average Bonchev–Trinajstić information content (AvgIpc) is 3.35. The number of nitrogens with zero attached hydrogens (tertiary/aromatic N) is 5. The number of benzene rings is 2. The number of imidazole rings is 1. The summed E-state index contributed by atoms with van der Waals surface area (Å²) >= 11 is 0. The van der Waals surface area contributed by atoms with Crippen LogP contribution in [0.1, 0.15) is 0 Å². The molecular weight excluding hydrogens is 338 g/mol. The molecule has 0 saturated carbocycles. The number of aromatic nitrogens is 5. The number of nitrogens with one attached hydrogen (secondary N) is 2. The van der Waals surface area contributed by atoms with Gasteiger partial charge in [0.25, 0.3) is 0 Å². The van der Waals surface area contributed by atoms with E-state index in [1.807, 2.05) is 59.2 Å². The van der Waals surface area contributed by atoms with E-state index in [1.165, 1.54) is 0 Å². The van der Waals surface area contributed by atoms with Crippen molar-refractivity contribution in [2.24, 2.45) is 7.05 Å². The van der Waals surface area contributed by atoms with Gasteiger partial charge in [0.1, 0.15) is 12.7 Å². The Balaban J connectivity index is 1.59. The maximum absolute atomic E-state index is 4.25. The van der Waals surface area contributed by atoms with E-state index in [0.717, 1.165) is 41.4 Å². The molecule has 2 aromatic heterocycles. The van der Waals surface area contributed by atoms with Gasteiger partial charge in [-0.25, -0.2) is 9.97 Å². The van der Waals surface area contributed by atoms with E-state index >= 15 is 0 Å². The van der Waals surface area contributed by atoms with Crippen molar-refractivity contribution in [3.63, 3.8) is 0 Å². The van der Waals surface area contributed by atoms with Gasteiger partial charge in [-0.2, -0.15) is 5.10 Å². The van der Waals surface area contributed by atoms with Crippen LogP contribution >= 0.6 is 0 Å². The van der Waals surface area contributed by atoms with Crippen molar-refractivity contribution in [1.29, 1.82) is 0 Å². The molecule has 0 bridgehead atoms. The Morgan fingerprint density at radius 3 is 2.59 bits per heavy atom. The standard InChI is InChI=1S/C20H21N7/c1-26-14-21-12-20(26)18-8-7-17(25-16-5-3-2-4-6-16)11-19(18)23-9-10-27-15-22-13-24-27/h2-8,11-15,23,25H,9-10H2,1H3. The van der Waals surface area contributed by atoms with E-state index in [1.54, 1.807) is 12.7 Å². The van der Waals surface area contributed by atoms with Crippen molar-refractivity contribution in [2.75, 3.05) is 17.2 Å². The lowest BCUT2D eigenvalue weighted by molar-refractivity contribution is 0.636. The Morgan fingerprint density at radius 2 is 1.85 bits per heavy atom. The normalized spacial score (nSPS) is 10.7. The summed E-state index contributed by atoms with van der Waals surface area (Å²) in [6, 6.07) is 16.5. The van der Waals surface area contributed by atoms with Crippen LogP contribution in [0.25, 0.3) is 11.3 Å². The summed E-state index contributed by atoms with van der Waals surface area (Å²) in [5.41, 5.74) is 5.28. The molecule has 0 amide bonds. The van der Waals surface area contributed by atoms with Gasteiger partial charge in [-0.15, -0.1) is 0 Å². The molecule has 0 radical (unpaired) electrons. The largest absolute Gasteiger partial charge is 0.383 e. The molecular formula is C20H21N7. The fraction of sp³-hybridized carbons (Fsp3) is 0.150. The molecule has 0 saturated heterocycles. The molecule has 0 unspecified atom stereocenters. The minimum absolute atomic E-state index is 0.737. The molecule has 0 aliphatic carbocycles. The van der Waals surface area contributed by atoms with Gasteiger partial charge in [0.2, 0.25) is 0 Å². The van der Waals surface area contributed by atoms with E-state index in [9.17, 15) is 0 Å². The van der Waals surface area contributed by atoms with E-state index in [0.29, 0.717) is 0 Å². The van der Waals surface area contributed by atoms with Crippen LogP contribution in [-0.2, 0) is 13.6 Å². The van der Waals surface area contributed by atoms with Crippen LogP contribution in [0.3, 0.4) is 0 Å². The van der Waals surface area contributed by atoms with Gasteiger partial charge in [0, 0.05) is 36.2 Å². The molecule has 0 spiro atoms. The highest BCUT2D eigenvalue weighted by Crippen LogP contribution is 2.31. The Kier molecular flexibility index (Phi) is 4.82. The minimum Gasteiger partial charge on any atom is -0.383 e. The number of para-hydroxylation sites is 1. The fourth-order valence-electron chi connectivity index (χ4n) is 2.95. The SMILES string of the molecule is Cn1cncc1-c1ccc(Nc2ccccc2)cc1NCCn1cncn1. The summed E-state index contributed by atoms with van der Waals surface area (Å²) in [6.07, 6.45) is 6.95. The molecule has 7 heteroatoms. The molecule has 0 aliphatic rings. The summed E-state index contributed by atoms with van der Waals surface area (Å²) in [5, 5.41) is 11.1. The van der Waals surface area contributed by atoms with Crippen LogP contribution in [0.2, 0.25) is 0 Å². The summed E-state index contributed by atoms with van der Waals surface area (Å²) in [5.74, 6) is 0. The van der Waals surface area contributed by atoms with Crippen LogP contribution in [0, 0.1) is 0 Å². The highest BCUT2D eigenvalue weighted by molar-refractivity contribution is 5.80. The van der Waals surface area contributed by atoms with Gasteiger partial charge in [-0.05, 0) is 30.3 Å². The lowest BCUT2D eigenvalue weighted by Gasteiger charge is -2.15. The van der Waals surface area contributed by atoms with Crippen LogP contribution in [-0.4, -0.2) is 30.9 Å². The first kappa shape index (κ1) is 16.8. The Morgan fingerprint density at radius 1 is 0.963 bits per heavy atom. The van der Waals surface area contributed by atoms with Crippen molar-refractivity contribution >= 4 is 17.1 Å². The molecule has 7 nitrogen and oxygen atoms in total. The van der Waals surface area contributed by atoms with Crippen LogP contribution < -0.4 is 10.6 Å². The predicted molar refractivity (Wildman–Crippen MR) is 107 cm³/mol. The Bertz CT molecular complexity index is 990. The molecule has 4 rings (SSSR count). The lowest BCUT2D eigenvalue weighted by Crippen LogP contribution is -2.12. The zero-order valence-electron chi connectivity index (χ0n) is 15.1. The van der Waals surface area contributed by atoms with Gasteiger partial charge < -0.3 is 15.2 Å². The Hall–Kier alpha value is -3.61. The molecule has 27 heavy (non-hydrogen) atoms. The van der Waals surface area contributed by atoms with Gasteiger partial charge in [0.15, 0.2) is 0 Å². The molecule has 136 valence electrons. The first-order chi connectivity index (χ1) is 13.3. The first-order valence-corrected chi connectivity index (χ1v) is 8.79.